The summed E-state index contributed by atoms with van der Waals surface area (Å²) in [4.78, 5) is 6.76. The van der Waals surface area contributed by atoms with Gasteiger partial charge in [-0.15, -0.1) is 0 Å². The van der Waals surface area contributed by atoms with Gasteiger partial charge < -0.3 is 10.4 Å². The molecule has 5 fully saturated rings. The number of nitrogens with zero attached hydrogens (tertiary/aromatic N) is 3. The van der Waals surface area contributed by atoms with Crippen molar-refractivity contribution >= 4 is 5.84 Å². The lowest BCUT2D eigenvalue weighted by Crippen LogP contribution is -2.63. The zero-order chi connectivity index (χ0) is 21.4. The number of amidine groups is 1. The maximum Gasteiger partial charge on any atom is 0.207 e. The van der Waals surface area contributed by atoms with Crippen LogP contribution in [0, 0.1) is 35.1 Å². The third-order valence-electron chi connectivity index (χ3n) is 8.69. The molecule has 2 N–H and O–H groups in total. The molecule has 0 spiro atoms. The van der Waals surface area contributed by atoms with E-state index in [-0.39, 0.29) is 6.04 Å². The zero-order valence-electron chi connectivity index (χ0n) is 18.7. The molecule has 6 rings (SSSR count). The molecule has 1 heterocycles. The second kappa shape index (κ2) is 8.56. The van der Waals surface area contributed by atoms with E-state index in [2.05, 4.69) is 58.7 Å². The molecule has 4 saturated carbocycles. The van der Waals surface area contributed by atoms with Crippen LogP contribution in [-0.4, -0.2) is 46.6 Å². The molecule has 0 radical (unpaired) electrons. The highest BCUT2D eigenvalue weighted by molar-refractivity contribution is 5.88. The quantitative estimate of drug-likeness (QED) is 0.432. The molecule has 1 aromatic carbocycles. The average molecular weight is 421 g/mol. The molecule has 1 aromatic rings. The average Bonchev–Trinajstić information content (AvgIpc) is 2.75. The fourth-order valence-electron chi connectivity index (χ4n) is 7.35. The molecule has 3 unspecified atom stereocenters. The third-order valence-corrected chi connectivity index (χ3v) is 8.69. The van der Waals surface area contributed by atoms with Crippen molar-refractivity contribution in [2.24, 2.45) is 28.7 Å². The highest BCUT2D eigenvalue weighted by Crippen LogP contribution is 2.55. The Balaban J connectivity index is 1.19. The van der Waals surface area contributed by atoms with E-state index in [1.54, 1.807) is 0 Å². The third kappa shape index (κ3) is 4.38. The number of piperidine rings is 1. The molecule has 1 saturated heterocycles. The van der Waals surface area contributed by atoms with Crippen molar-refractivity contribution < 1.29 is 5.11 Å². The van der Waals surface area contributed by atoms with Gasteiger partial charge in [-0.3, -0.25) is 4.90 Å². The molecule has 5 aliphatic rings. The molecular weight excluding hydrogens is 384 g/mol. The van der Waals surface area contributed by atoms with E-state index in [0.29, 0.717) is 23.8 Å². The Morgan fingerprint density at radius 2 is 1.87 bits per heavy atom. The fourth-order valence-corrected chi connectivity index (χ4v) is 7.35. The van der Waals surface area contributed by atoms with E-state index in [1.165, 1.54) is 31.2 Å². The van der Waals surface area contributed by atoms with Gasteiger partial charge in [-0.25, -0.2) is 0 Å². The van der Waals surface area contributed by atoms with E-state index in [4.69, 9.17) is 0 Å². The number of likely N-dealkylation sites (tertiary alicyclic amines) is 1. The lowest BCUT2D eigenvalue weighted by atomic mass is 9.52. The fraction of sp³-hybridized carbons (Fsp3) is 0.692. The van der Waals surface area contributed by atoms with E-state index < -0.39 is 5.60 Å². The Hall–Kier alpha value is -1.90. The van der Waals surface area contributed by atoms with E-state index in [0.717, 1.165) is 50.5 Å². The maximum atomic E-state index is 10.9. The molecule has 31 heavy (non-hydrogen) atoms. The standard InChI is InChI=1S/C26H36N4O/c1-18(30-9-7-20(8-10-30)11-19-5-3-2-4-6-19)25(28-17-27)29-24-22-12-21-13-23(24)16-26(31,14-21)15-22/h2-6,18,20-24,31H,7-16H2,1H3,(H,28,29). The maximum absolute atomic E-state index is 10.9. The molecule has 1 aliphatic heterocycles. The molecule has 0 aromatic heterocycles. The van der Waals surface area contributed by atoms with Crippen LogP contribution in [0.1, 0.15) is 57.4 Å². The number of nitriles is 1. The molecule has 5 nitrogen and oxygen atoms in total. The normalized spacial score (nSPS) is 36.9. The van der Waals surface area contributed by atoms with Crippen molar-refractivity contribution in [3.05, 3.63) is 35.9 Å². The van der Waals surface area contributed by atoms with E-state index >= 15 is 0 Å². The lowest BCUT2D eigenvalue weighted by Gasteiger charge is -2.58. The van der Waals surface area contributed by atoms with Crippen LogP contribution < -0.4 is 5.32 Å². The summed E-state index contributed by atoms with van der Waals surface area (Å²) >= 11 is 0. The van der Waals surface area contributed by atoms with E-state index in [9.17, 15) is 10.4 Å². The van der Waals surface area contributed by atoms with Crippen LogP contribution in [0.3, 0.4) is 0 Å². The van der Waals surface area contributed by atoms with Gasteiger partial charge in [0.2, 0.25) is 6.19 Å². The second-order valence-electron chi connectivity index (χ2n) is 10.8. The number of aliphatic hydroxyl groups is 1. The van der Waals surface area contributed by atoms with Crippen LogP contribution in [0.15, 0.2) is 35.3 Å². The zero-order valence-corrected chi connectivity index (χ0v) is 18.7. The van der Waals surface area contributed by atoms with Gasteiger partial charge in [-0.05, 0) is 101 Å². The first-order chi connectivity index (χ1) is 15.0. The monoisotopic (exact) mass is 420 g/mol. The Morgan fingerprint density at radius 1 is 1.19 bits per heavy atom. The van der Waals surface area contributed by atoms with E-state index in [1.807, 2.05) is 0 Å². The van der Waals surface area contributed by atoms with Gasteiger partial charge in [0, 0.05) is 6.04 Å². The molecule has 4 bridgehead atoms. The summed E-state index contributed by atoms with van der Waals surface area (Å²) in [6, 6.07) is 11.3. The summed E-state index contributed by atoms with van der Waals surface area (Å²) in [5.74, 6) is 3.31. The lowest BCUT2D eigenvalue weighted by molar-refractivity contribution is -0.136. The van der Waals surface area contributed by atoms with Crippen molar-refractivity contribution in [1.82, 2.24) is 10.2 Å². The van der Waals surface area contributed by atoms with Crippen molar-refractivity contribution in [3.8, 4) is 6.19 Å². The summed E-state index contributed by atoms with van der Waals surface area (Å²) in [7, 11) is 0. The van der Waals surface area contributed by atoms with Gasteiger partial charge in [0.25, 0.3) is 0 Å². The predicted octanol–water partition coefficient (Wildman–Crippen LogP) is 3.74. The molecule has 3 atom stereocenters. The molecule has 5 heteroatoms. The number of nitrogens with one attached hydrogen (secondary N) is 1. The van der Waals surface area contributed by atoms with Crippen LogP contribution in [0.4, 0.5) is 0 Å². The second-order valence-corrected chi connectivity index (χ2v) is 10.8. The van der Waals surface area contributed by atoms with Crippen molar-refractivity contribution in [2.45, 2.75) is 76.0 Å². The van der Waals surface area contributed by atoms with Gasteiger partial charge in [-0.2, -0.15) is 10.3 Å². The first kappa shape index (κ1) is 21.0. The Bertz CT molecular complexity index is 823. The summed E-state index contributed by atoms with van der Waals surface area (Å²) in [6.45, 7) is 4.32. The van der Waals surface area contributed by atoms with Crippen molar-refractivity contribution in [3.63, 3.8) is 0 Å². The van der Waals surface area contributed by atoms with Gasteiger partial charge in [-0.1, -0.05) is 30.3 Å². The van der Waals surface area contributed by atoms with Gasteiger partial charge in [0.1, 0.15) is 5.84 Å². The highest BCUT2D eigenvalue weighted by atomic mass is 16.3. The Kier molecular flexibility index (Phi) is 5.79. The summed E-state index contributed by atoms with van der Waals surface area (Å²) in [6.07, 6.45) is 10.9. The molecular formula is C26H36N4O. The minimum atomic E-state index is -0.423. The van der Waals surface area contributed by atoms with Crippen LogP contribution in [0.2, 0.25) is 0 Å². The SMILES string of the molecule is CC(/C(=N/C#N)NC1C2CC3CC1CC(O)(C3)C2)N1CCC(Cc2ccccc2)CC1. The van der Waals surface area contributed by atoms with Crippen molar-refractivity contribution in [2.75, 3.05) is 13.1 Å². The summed E-state index contributed by atoms with van der Waals surface area (Å²) < 4.78 is 0. The smallest absolute Gasteiger partial charge is 0.207 e. The first-order valence-corrected chi connectivity index (χ1v) is 12.3. The minimum absolute atomic E-state index is 0.137. The van der Waals surface area contributed by atoms with Gasteiger partial charge in [0.15, 0.2) is 0 Å². The largest absolute Gasteiger partial charge is 0.390 e. The number of aliphatic imine (C=N–C) groups is 1. The molecule has 166 valence electrons. The Labute approximate surface area is 186 Å². The van der Waals surface area contributed by atoms with Crippen LogP contribution in [0.5, 0.6) is 0 Å². The Morgan fingerprint density at radius 3 is 2.48 bits per heavy atom. The summed E-state index contributed by atoms with van der Waals surface area (Å²) in [5.41, 5.74) is 1.01. The first-order valence-electron chi connectivity index (χ1n) is 12.3. The van der Waals surface area contributed by atoms with Crippen molar-refractivity contribution in [1.29, 1.82) is 5.26 Å². The highest BCUT2D eigenvalue weighted by Gasteiger charge is 2.55. The number of rotatable bonds is 5. The number of hydrogen-bond donors (Lipinski definition) is 2. The topological polar surface area (TPSA) is 71.6 Å². The van der Waals surface area contributed by atoms with Crippen LogP contribution in [0.25, 0.3) is 0 Å². The number of hydrogen-bond acceptors (Lipinski definition) is 4. The number of benzene rings is 1. The summed E-state index contributed by atoms with van der Waals surface area (Å²) in [5, 5.41) is 24.0. The molecule has 0 amide bonds. The minimum Gasteiger partial charge on any atom is -0.390 e. The van der Waals surface area contributed by atoms with Crippen LogP contribution >= 0.6 is 0 Å². The van der Waals surface area contributed by atoms with Crippen LogP contribution in [-0.2, 0) is 6.42 Å². The predicted molar refractivity (Wildman–Crippen MR) is 122 cm³/mol. The van der Waals surface area contributed by atoms with Gasteiger partial charge >= 0.3 is 0 Å². The molecule has 4 aliphatic carbocycles. The van der Waals surface area contributed by atoms with Gasteiger partial charge in [0.05, 0.1) is 11.6 Å².